The van der Waals surface area contributed by atoms with Crippen LogP contribution in [0.5, 0.6) is 5.75 Å². The highest BCUT2D eigenvalue weighted by atomic mass is 32.2. The first-order valence-electron chi connectivity index (χ1n) is 12.0. The van der Waals surface area contributed by atoms with Crippen molar-refractivity contribution in [2.75, 3.05) is 0 Å². The quantitative estimate of drug-likeness (QED) is 0.179. The molecule has 0 bridgehead atoms. The third-order valence-electron chi connectivity index (χ3n) is 6.37. The Morgan fingerprint density at radius 1 is 1.00 bits per heavy atom. The van der Waals surface area contributed by atoms with Crippen LogP contribution in [0.1, 0.15) is 22.3 Å². The maximum atomic E-state index is 13.6. The summed E-state index contributed by atoms with van der Waals surface area (Å²) in [7, 11) is -4.06. The number of ether oxygens (including phenoxy) is 1. The smallest absolute Gasteiger partial charge is 0.336 e. The highest BCUT2D eigenvalue weighted by Gasteiger charge is 2.29. The number of carbonyl (C=O) groups excluding carboxylic acids is 1. The molecule has 0 saturated heterocycles. The van der Waals surface area contributed by atoms with E-state index in [0.717, 1.165) is 22.0 Å². The molecule has 3 aromatic carbocycles. The number of rotatable bonds is 7. The maximum absolute atomic E-state index is 13.6. The minimum Gasteiger partial charge on any atom is -0.425 e. The van der Waals surface area contributed by atoms with E-state index in [0.29, 0.717) is 16.5 Å². The van der Waals surface area contributed by atoms with Crippen molar-refractivity contribution in [1.82, 2.24) is 9.71 Å². The third kappa shape index (κ3) is 5.11. The summed E-state index contributed by atoms with van der Waals surface area (Å²) in [4.78, 5) is 28.7. The molecule has 2 N–H and O–H groups in total. The zero-order valence-electron chi connectivity index (χ0n) is 21.1. The summed E-state index contributed by atoms with van der Waals surface area (Å²) in [5.74, 6) is -0.604. The summed E-state index contributed by atoms with van der Waals surface area (Å²) in [5.41, 5.74) is 3.59. The second-order valence-corrected chi connectivity index (χ2v) is 11.1. The van der Waals surface area contributed by atoms with Crippen LogP contribution in [-0.2, 0) is 21.2 Å². The number of sulfonamides is 1. The predicted molar refractivity (Wildman–Crippen MR) is 145 cm³/mol. The number of esters is 1. The fraction of sp³-hybridized carbons (Fsp3) is 0.172. The summed E-state index contributed by atoms with van der Waals surface area (Å²) in [5, 5.41) is 1.34. The van der Waals surface area contributed by atoms with Crippen molar-refractivity contribution in [1.29, 1.82) is 0 Å². The van der Waals surface area contributed by atoms with Gasteiger partial charge in [0.05, 0.1) is 10.3 Å². The van der Waals surface area contributed by atoms with E-state index in [4.69, 9.17) is 9.15 Å². The Hall–Kier alpha value is -4.21. The molecule has 2 heterocycles. The highest BCUT2D eigenvalue weighted by Crippen LogP contribution is 2.30. The molecule has 0 saturated carbocycles. The normalized spacial score (nSPS) is 12.6. The van der Waals surface area contributed by atoms with Crippen LogP contribution in [0.4, 0.5) is 0 Å². The Morgan fingerprint density at radius 2 is 1.74 bits per heavy atom. The Labute approximate surface area is 219 Å². The molecule has 0 fully saturated rings. The van der Waals surface area contributed by atoms with Gasteiger partial charge in [-0.1, -0.05) is 35.9 Å². The average molecular weight is 531 g/mol. The van der Waals surface area contributed by atoms with Gasteiger partial charge in [-0.05, 0) is 67.8 Å². The van der Waals surface area contributed by atoms with Crippen LogP contribution in [0.3, 0.4) is 0 Å². The number of hydrogen-bond acceptors (Lipinski definition) is 6. The van der Waals surface area contributed by atoms with Crippen LogP contribution < -0.4 is 15.1 Å². The first-order chi connectivity index (χ1) is 18.1. The van der Waals surface area contributed by atoms with E-state index in [-0.39, 0.29) is 22.6 Å². The lowest BCUT2D eigenvalue weighted by molar-refractivity contribution is -0.136. The summed E-state index contributed by atoms with van der Waals surface area (Å²) in [6, 6.07) is 17.3. The molecule has 0 aliphatic rings. The van der Waals surface area contributed by atoms with Gasteiger partial charge >= 0.3 is 11.6 Å². The molecule has 0 unspecified atom stereocenters. The van der Waals surface area contributed by atoms with E-state index in [1.807, 2.05) is 31.2 Å². The van der Waals surface area contributed by atoms with Crippen LogP contribution in [0.15, 0.2) is 87.0 Å². The molecule has 0 radical (unpaired) electrons. The van der Waals surface area contributed by atoms with Crippen molar-refractivity contribution in [3.05, 3.63) is 106 Å². The van der Waals surface area contributed by atoms with Gasteiger partial charge in [0, 0.05) is 29.6 Å². The molecule has 8 nitrogen and oxygen atoms in total. The topological polar surface area (TPSA) is 118 Å². The SMILES string of the molecule is Cc1ccc(S(=O)(=O)N[C@H](Cc2c[nH]c3ccccc23)C(=O)Oc2cc(C)cc3oc(=O)cc(C)c23)cc1. The van der Waals surface area contributed by atoms with Gasteiger partial charge in [0.1, 0.15) is 17.4 Å². The van der Waals surface area contributed by atoms with Gasteiger partial charge in [0.15, 0.2) is 0 Å². The molecular weight excluding hydrogens is 504 g/mol. The molecule has 0 spiro atoms. The van der Waals surface area contributed by atoms with Crippen LogP contribution in [-0.4, -0.2) is 25.4 Å². The van der Waals surface area contributed by atoms with E-state index < -0.39 is 27.7 Å². The lowest BCUT2D eigenvalue weighted by Gasteiger charge is -2.19. The number of aromatic amines is 1. The molecule has 1 atom stereocenters. The third-order valence-corrected chi connectivity index (χ3v) is 7.86. The lowest BCUT2D eigenvalue weighted by Crippen LogP contribution is -2.44. The molecule has 38 heavy (non-hydrogen) atoms. The van der Waals surface area contributed by atoms with Crippen LogP contribution in [0, 0.1) is 20.8 Å². The van der Waals surface area contributed by atoms with Gasteiger partial charge in [0.25, 0.3) is 0 Å². The summed E-state index contributed by atoms with van der Waals surface area (Å²) in [6.45, 7) is 5.36. The Kier molecular flexibility index (Phi) is 6.64. The number of aryl methyl sites for hydroxylation is 3. The van der Waals surface area contributed by atoms with Crippen molar-refractivity contribution >= 4 is 37.9 Å². The molecule has 2 aromatic heterocycles. The van der Waals surface area contributed by atoms with Gasteiger partial charge in [-0.2, -0.15) is 4.72 Å². The van der Waals surface area contributed by atoms with E-state index in [1.165, 1.54) is 18.2 Å². The van der Waals surface area contributed by atoms with E-state index >= 15 is 0 Å². The van der Waals surface area contributed by atoms with Gasteiger partial charge in [-0.25, -0.2) is 18.0 Å². The van der Waals surface area contributed by atoms with Crippen molar-refractivity contribution in [2.45, 2.75) is 38.1 Å². The number of hydrogen-bond donors (Lipinski definition) is 2. The zero-order valence-corrected chi connectivity index (χ0v) is 21.9. The summed E-state index contributed by atoms with van der Waals surface area (Å²) < 4.78 is 40.3. The number of nitrogens with one attached hydrogen (secondary N) is 2. The van der Waals surface area contributed by atoms with E-state index in [1.54, 1.807) is 44.3 Å². The zero-order chi connectivity index (χ0) is 27.0. The van der Waals surface area contributed by atoms with Crippen molar-refractivity contribution < 1.29 is 22.4 Å². The standard InChI is InChI=1S/C29H26N2O6S/c1-17-8-10-21(11-9-17)38(34,35)31-24(15-20-16-30-23-7-5-4-6-22(20)23)29(33)37-26-13-18(2)12-25-28(26)19(3)14-27(32)36-25/h4-14,16,24,30-31H,15H2,1-3H3/t24-/m1/s1. The largest absolute Gasteiger partial charge is 0.425 e. The molecule has 0 amide bonds. The molecule has 5 aromatic rings. The number of H-pyrrole nitrogens is 1. The maximum Gasteiger partial charge on any atom is 0.336 e. The summed E-state index contributed by atoms with van der Waals surface area (Å²) in [6.07, 6.45) is 1.80. The molecule has 5 rings (SSSR count). The minimum absolute atomic E-state index is 0.0402. The number of carbonyl (C=O) groups is 1. The van der Waals surface area contributed by atoms with Gasteiger partial charge in [0.2, 0.25) is 10.0 Å². The number of para-hydroxylation sites is 1. The van der Waals surface area contributed by atoms with Crippen LogP contribution >= 0.6 is 0 Å². The monoisotopic (exact) mass is 530 g/mol. The fourth-order valence-electron chi connectivity index (χ4n) is 4.50. The second kappa shape index (κ2) is 9.92. The number of aromatic nitrogens is 1. The lowest BCUT2D eigenvalue weighted by atomic mass is 10.1. The summed E-state index contributed by atoms with van der Waals surface area (Å²) >= 11 is 0. The first-order valence-corrected chi connectivity index (χ1v) is 13.5. The highest BCUT2D eigenvalue weighted by molar-refractivity contribution is 7.89. The minimum atomic E-state index is -4.06. The number of benzene rings is 3. The number of fused-ring (bicyclic) bond motifs is 2. The molecule has 194 valence electrons. The predicted octanol–water partition coefficient (Wildman–Crippen LogP) is 4.69. The van der Waals surface area contributed by atoms with Crippen molar-refractivity contribution in [2.24, 2.45) is 0 Å². The Bertz CT molecular complexity index is 1840. The van der Waals surface area contributed by atoms with E-state index in [9.17, 15) is 18.0 Å². The van der Waals surface area contributed by atoms with Gasteiger partial charge < -0.3 is 14.1 Å². The van der Waals surface area contributed by atoms with Crippen molar-refractivity contribution in [3.63, 3.8) is 0 Å². The van der Waals surface area contributed by atoms with Gasteiger partial charge in [-0.3, -0.25) is 0 Å². The van der Waals surface area contributed by atoms with Gasteiger partial charge in [-0.15, -0.1) is 0 Å². The second-order valence-electron chi connectivity index (χ2n) is 9.36. The van der Waals surface area contributed by atoms with E-state index in [2.05, 4.69) is 9.71 Å². The van der Waals surface area contributed by atoms with Crippen molar-refractivity contribution in [3.8, 4) is 5.75 Å². The van der Waals surface area contributed by atoms with Crippen LogP contribution in [0.25, 0.3) is 21.9 Å². The average Bonchev–Trinajstić information content (AvgIpc) is 3.26. The Balaban J connectivity index is 1.54. The molecule has 9 heteroatoms. The first kappa shape index (κ1) is 25.4. The van der Waals surface area contributed by atoms with Crippen LogP contribution in [0.2, 0.25) is 0 Å². The fourth-order valence-corrected chi connectivity index (χ4v) is 5.69. The Morgan fingerprint density at radius 3 is 2.50 bits per heavy atom. The molecular formula is C29H26N2O6S. The molecule has 0 aliphatic heterocycles. The molecule has 0 aliphatic carbocycles.